The lowest BCUT2D eigenvalue weighted by Crippen LogP contribution is -2.26. The van der Waals surface area contributed by atoms with Crippen LogP contribution < -0.4 is 14.8 Å². The predicted molar refractivity (Wildman–Crippen MR) is 79.4 cm³/mol. The Bertz CT molecular complexity index is 645. The Morgan fingerprint density at radius 3 is 2.76 bits per heavy atom. The first-order valence-corrected chi connectivity index (χ1v) is 7.03. The van der Waals surface area contributed by atoms with Crippen molar-refractivity contribution >= 4 is 17.5 Å². The van der Waals surface area contributed by atoms with E-state index in [4.69, 9.17) is 21.1 Å². The fraction of sp³-hybridized carbons (Fsp3) is 0.188. The summed E-state index contributed by atoms with van der Waals surface area (Å²) in [6.07, 6.45) is 0. The summed E-state index contributed by atoms with van der Waals surface area (Å²) in [6.45, 7) is 0.559. The molecule has 1 atom stereocenters. The first-order valence-electron chi connectivity index (χ1n) is 6.60. The Morgan fingerprint density at radius 1 is 1.14 bits per heavy atom. The van der Waals surface area contributed by atoms with Crippen LogP contribution in [0.3, 0.4) is 0 Å². The van der Waals surface area contributed by atoms with E-state index in [0.717, 1.165) is 11.1 Å². The van der Waals surface area contributed by atoms with Crippen LogP contribution in [-0.2, 0) is 11.3 Å². The molecule has 4 nitrogen and oxygen atoms in total. The van der Waals surface area contributed by atoms with Crippen LogP contribution in [0.1, 0.15) is 16.5 Å². The Labute approximate surface area is 127 Å². The second-order valence-corrected chi connectivity index (χ2v) is 5.08. The van der Waals surface area contributed by atoms with Crippen molar-refractivity contribution in [3.63, 3.8) is 0 Å². The lowest BCUT2D eigenvalue weighted by atomic mass is 10.1. The molecule has 1 aliphatic rings. The zero-order chi connectivity index (χ0) is 14.7. The van der Waals surface area contributed by atoms with Gasteiger partial charge in [0.15, 0.2) is 11.5 Å². The number of amides is 1. The quantitative estimate of drug-likeness (QED) is 0.883. The topological polar surface area (TPSA) is 47.6 Å². The highest BCUT2D eigenvalue weighted by molar-refractivity contribution is 6.30. The van der Waals surface area contributed by atoms with Gasteiger partial charge in [0.2, 0.25) is 12.7 Å². The number of hydrogen-bond acceptors (Lipinski definition) is 3. The van der Waals surface area contributed by atoms with Crippen LogP contribution in [0.25, 0.3) is 0 Å². The molecule has 0 saturated heterocycles. The molecule has 1 aliphatic heterocycles. The summed E-state index contributed by atoms with van der Waals surface area (Å²) in [6, 6.07) is 14.8. The fourth-order valence-electron chi connectivity index (χ4n) is 2.18. The van der Waals surface area contributed by atoms with E-state index in [1.165, 1.54) is 0 Å². The van der Waals surface area contributed by atoms with Crippen LogP contribution in [0.15, 0.2) is 48.5 Å². The summed E-state index contributed by atoms with van der Waals surface area (Å²) in [5.74, 6) is 1.15. The molecule has 3 rings (SSSR count). The molecule has 0 spiro atoms. The number of carbonyl (C=O) groups excluding carboxylic acids is 1. The third kappa shape index (κ3) is 2.95. The molecular formula is C16H14ClNO3. The lowest BCUT2D eigenvalue weighted by Gasteiger charge is -2.12. The Kier molecular flexibility index (Phi) is 3.97. The van der Waals surface area contributed by atoms with Crippen molar-refractivity contribution in [3.8, 4) is 11.5 Å². The minimum Gasteiger partial charge on any atom is -0.454 e. The molecule has 0 aliphatic carbocycles. The molecule has 2 aromatic carbocycles. The summed E-state index contributed by atoms with van der Waals surface area (Å²) in [5, 5.41) is 2.11. The number of rotatable bonds is 4. The van der Waals surface area contributed by atoms with Gasteiger partial charge in [0.25, 0.3) is 0 Å². The zero-order valence-corrected chi connectivity index (χ0v) is 12.0. The van der Waals surface area contributed by atoms with E-state index in [9.17, 15) is 4.79 Å². The monoisotopic (exact) mass is 303 g/mol. The minimum atomic E-state index is -0.708. The number of nitrogens with one attached hydrogen (secondary N) is 1. The third-order valence-corrected chi connectivity index (χ3v) is 3.70. The average molecular weight is 304 g/mol. The van der Waals surface area contributed by atoms with Gasteiger partial charge in [-0.05, 0) is 11.6 Å². The maximum Gasteiger partial charge on any atom is 0.242 e. The second kappa shape index (κ2) is 6.06. The molecule has 2 aromatic rings. The first-order chi connectivity index (χ1) is 10.3. The van der Waals surface area contributed by atoms with Gasteiger partial charge in [-0.2, -0.15) is 0 Å². The minimum absolute atomic E-state index is 0.211. The molecule has 1 heterocycles. The maximum atomic E-state index is 12.1. The summed E-state index contributed by atoms with van der Waals surface area (Å²) < 4.78 is 10.7. The van der Waals surface area contributed by atoms with Crippen molar-refractivity contribution in [2.75, 3.05) is 6.79 Å². The summed E-state index contributed by atoms with van der Waals surface area (Å²) in [4.78, 5) is 12.1. The number of carbonyl (C=O) groups is 1. The third-order valence-electron chi connectivity index (χ3n) is 3.25. The van der Waals surface area contributed by atoms with Gasteiger partial charge in [0.05, 0.1) is 0 Å². The molecule has 0 bridgehead atoms. The van der Waals surface area contributed by atoms with Crippen molar-refractivity contribution in [2.45, 2.75) is 11.9 Å². The molecule has 0 saturated carbocycles. The first kappa shape index (κ1) is 13.8. The van der Waals surface area contributed by atoms with Crippen molar-refractivity contribution in [2.24, 2.45) is 0 Å². The van der Waals surface area contributed by atoms with Gasteiger partial charge in [-0.15, -0.1) is 11.6 Å². The molecule has 1 N–H and O–H groups in total. The molecule has 0 fully saturated rings. The molecule has 0 radical (unpaired) electrons. The normalized spacial score (nSPS) is 13.8. The van der Waals surface area contributed by atoms with E-state index in [1.807, 2.05) is 48.5 Å². The number of alkyl halides is 1. The number of fused-ring (bicyclic) bond motifs is 1. The average Bonchev–Trinajstić information content (AvgIpc) is 3.02. The van der Waals surface area contributed by atoms with E-state index in [-0.39, 0.29) is 12.7 Å². The molecule has 21 heavy (non-hydrogen) atoms. The summed E-state index contributed by atoms with van der Waals surface area (Å²) in [5.41, 5.74) is 1.64. The van der Waals surface area contributed by atoms with E-state index < -0.39 is 5.38 Å². The van der Waals surface area contributed by atoms with Crippen LogP contribution in [-0.4, -0.2) is 12.7 Å². The van der Waals surface area contributed by atoms with Crippen molar-refractivity contribution in [1.29, 1.82) is 0 Å². The van der Waals surface area contributed by atoms with Gasteiger partial charge in [0, 0.05) is 12.1 Å². The molecular weight excluding hydrogens is 290 g/mol. The number of halogens is 1. The number of para-hydroxylation sites is 1. The van der Waals surface area contributed by atoms with Gasteiger partial charge in [-0.1, -0.05) is 42.5 Å². The van der Waals surface area contributed by atoms with Gasteiger partial charge < -0.3 is 14.8 Å². The number of hydrogen-bond donors (Lipinski definition) is 1. The lowest BCUT2D eigenvalue weighted by molar-refractivity contribution is -0.121. The molecule has 108 valence electrons. The van der Waals surface area contributed by atoms with Crippen LogP contribution in [0.5, 0.6) is 11.5 Å². The van der Waals surface area contributed by atoms with Crippen LogP contribution in [0.2, 0.25) is 0 Å². The van der Waals surface area contributed by atoms with E-state index in [1.54, 1.807) is 0 Å². The molecule has 5 heteroatoms. The molecule has 1 amide bonds. The Hall–Kier alpha value is -2.20. The van der Waals surface area contributed by atoms with Crippen molar-refractivity contribution in [1.82, 2.24) is 5.32 Å². The maximum absolute atomic E-state index is 12.1. The second-order valence-electron chi connectivity index (χ2n) is 4.64. The highest BCUT2D eigenvalue weighted by Crippen LogP contribution is 2.35. The van der Waals surface area contributed by atoms with Crippen LogP contribution >= 0.6 is 11.6 Å². The fourth-order valence-corrected chi connectivity index (χ4v) is 2.40. The Morgan fingerprint density at radius 2 is 1.95 bits per heavy atom. The van der Waals surface area contributed by atoms with Gasteiger partial charge in [-0.25, -0.2) is 0 Å². The Balaban J connectivity index is 1.66. The van der Waals surface area contributed by atoms with Crippen LogP contribution in [0.4, 0.5) is 0 Å². The van der Waals surface area contributed by atoms with E-state index >= 15 is 0 Å². The highest BCUT2D eigenvalue weighted by Gasteiger charge is 2.20. The molecule has 0 aromatic heterocycles. The molecule has 1 unspecified atom stereocenters. The van der Waals surface area contributed by atoms with Gasteiger partial charge in [0.1, 0.15) is 5.38 Å². The number of benzene rings is 2. The zero-order valence-electron chi connectivity index (χ0n) is 11.2. The standard InChI is InChI=1S/C16H14ClNO3/c17-14(11-5-2-1-3-6-11)16(19)18-9-12-7-4-8-13-15(12)21-10-20-13/h1-8,14H,9-10H2,(H,18,19). The predicted octanol–water partition coefficient (Wildman–Crippen LogP) is 3.01. The summed E-state index contributed by atoms with van der Waals surface area (Å²) in [7, 11) is 0. The number of ether oxygens (including phenoxy) is 2. The van der Waals surface area contributed by atoms with Gasteiger partial charge >= 0.3 is 0 Å². The van der Waals surface area contributed by atoms with Gasteiger partial charge in [-0.3, -0.25) is 4.79 Å². The van der Waals surface area contributed by atoms with E-state index in [2.05, 4.69) is 5.32 Å². The summed E-state index contributed by atoms with van der Waals surface area (Å²) >= 11 is 6.17. The van der Waals surface area contributed by atoms with Crippen molar-refractivity contribution in [3.05, 3.63) is 59.7 Å². The SMILES string of the molecule is O=C(NCc1cccc2c1OCO2)C(Cl)c1ccccc1. The highest BCUT2D eigenvalue weighted by atomic mass is 35.5. The van der Waals surface area contributed by atoms with Crippen LogP contribution in [0, 0.1) is 0 Å². The smallest absolute Gasteiger partial charge is 0.242 e. The van der Waals surface area contributed by atoms with E-state index in [0.29, 0.717) is 18.0 Å². The van der Waals surface area contributed by atoms with Crippen molar-refractivity contribution < 1.29 is 14.3 Å². The largest absolute Gasteiger partial charge is 0.454 e.